The fraction of sp³-hybridized carbons (Fsp3) is 0.583. The van der Waals surface area contributed by atoms with Gasteiger partial charge in [0.2, 0.25) is 0 Å². The predicted molar refractivity (Wildman–Crippen MR) is 167 cm³/mol. The molecule has 226 valence electrons. The molecule has 0 radical (unpaired) electrons. The number of esters is 1. The van der Waals surface area contributed by atoms with Gasteiger partial charge in [-0.2, -0.15) is 0 Å². The Balaban J connectivity index is 1.29. The summed E-state index contributed by atoms with van der Waals surface area (Å²) in [4.78, 5) is 12.6. The molecule has 1 aliphatic rings. The van der Waals surface area contributed by atoms with E-state index in [2.05, 4.69) is 13.5 Å². The monoisotopic (exact) mass is 564 g/mol. The molecule has 1 saturated heterocycles. The van der Waals surface area contributed by atoms with Gasteiger partial charge in [0.05, 0.1) is 25.4 Å². The van der Waals surface area contributed by atoms with Crippen molar-refractivity contribution in [1.82, 2.24) is 0 Å². The van der Waals surface area contributed by atoms with Crippen LogP contribution in [-0.2, 0) is 9.47 Å². The van der Waals surface area contributed by atoms with Crippen LogP contribution < -0.4 is 9.47 Å². The van der Waals surface area contributed by atoms with Gasteiger partial charge >= 0.3 is 5.97 Å². The Hall–Kier alpha value is -2.63. The van der Waals surface area contributed by atoms with Gasteiger partial charge < -0.3 is 18.9 Å². The maximum absolute atomic E-state index is 12.6. The van der Waals surface area contributed by atoms with Gasteiger partial charge in [0.15, 0.2) is 6.29 Å². The fourth-order valence-electron chi connectivity index (χ4n) is 5.13. The number of rotatable bonds is 21. The van der Waals surface area contributed by atoms with Gasteiger partial charge in [-0.25, -0.2) is 4.79 Å². The largest absolute Gasteiger partial charge is 0.494 e. The standard InChI is InChI=1S/C36H52O5/c1-3-5-7-9-11-12-13-15-17-27-38-33-23-19-31(20-24-33)35(37)41-34-25-21-32(22-26-34)36-39-28-30(29-40-36)18-16-14-10-8-6-4-2/h3,19-26,30,36H,1,4-18,27-29H2,2H3/t30-,36-. The SMILES string of the molecule is C=CCCCCCCCCCOc1ccc(C(=O)Oc2ccc([C@H]3OC[C@H](CCCCCCCC)CO3)cc2)cc1. The molecule has 1 heterocycles. The molecule has 5 nitrogen and oxygen atoms in total. The van der Waals surface area contributed by atoms with Crippen LogP contribution in [0.4, 0.5) is 0 Å². The average molecular weight is 565 g/mol. The number of hydrogen-bond donors (Lipinski definition) is 0. The van der Waals surface area contributed by atoms with Crippen LogP contribution in [0.5, 0.6) is 11.5 Å². The highest BCUT2D eigenvalue weighted by Crippen LogP contribution is 2.29. The highest BCUT2D eigenvalue weighted by atomic mass is 16.7. The maximum Gasteiger partial charge on any atom is 0.343 e. The Morgan fingerprint density at radius 2 is 1.37 bits per heavy atom. The first kappa shape index (κ1) is 32.9. The highest BCUT2D eigenvalue weighted by molar-refractivity contribution is 5.91. The summed E-state index contributed by atoms with van der Waals surface area (Å²) in [6, 6.07) is 14.6. The molecule has 0 N–H and O–H groups in total. The lowest BCUT2D eigenvalue weighted by Crippen LogP contribution is -2.27. The molecule has 2 aromatic rings. The minimum Gasteiger partial charge on any atom is -0.494 e. The molecule has 2 aromatic carbocycles. The lowest BCUT2D eigenvalue weighted by molar-refractivity contribution is -0.206. The van der Waals surface area contributed by atoms with Gasteiger partial charge in [0.1, 0.15) is 11.5 Å². The van der Waals surface area contributed by atoms with Crippen LogP contribution in [0, 0.1) is 5.92 Å². The summed E-state index contributed by atoms with van der Waals surface area (Å²) < 4.78 is 23.4. The number of carbonyl (C=O) groups excluding carboxylic acids is 1. The number of ether oxygens (including phenoxy) is 4. The van der Waals surface area contributed by atoms with Gasteiger partial charge in [0, 0.05) is 11.5 Å². The second-order valence-electron chi connectivity index (χ2n) is 11.3. The summed E-state index contributed by atoms with van der Waals surface area (Å²) in [7, 11) is 0. The lowest BCUT2D eigenvalue weighted by atomic mass is 10.0. The zero-order chi connectivity index (χ0) is 29.0. The second kappa shape index (κ2) is 20.3. The topological polar surface area (TPSA) is 54.0 Å². The van der Waals surface area contributed by atoms with Crippen LogP contribution in [0.3, 0.4) is 0 Å². The number of benzene rings is 2. The average Bonchev–Trinajstić information content (AvgIpc) is 3.01. The summed E-state index contributed by atoms with van der Waals surface area (Å²) in [5, 5.41) is 0. The van der Waals surface area contributed by atoms with E-state index in [0.717, 1.165) is 43.8 Å². The number of unbranched alkanes of at least 4 members (excludes halogenated alkanes) is 12. The van der Waals surface area contributed by atoms with Crippen LogP contribution in [0.2, 0.25) is 0 Å². The smallest absolute Gasteiger partial charge is 0.343 e. The summed E-state index contributed by atoms with van der Waals surface area (Å²) >= 11 is 0. The van der Waals surface area contributed by atoms with E-state index >= 15 is 0 Å². The summed E-state index contributed by atoms with van der Waals surface area (Å²) in [6.45, 7) is 8.17. The van der Waals surface area contributed by atoms with Gasteiger partial charge in [-0.1, -0.05) is 95.8 Å². The fourth-order valence-corrected chi connectivity index (χ4v) is 5.13. The van der Waals surface area contributed by atoms with Crippen LogP contribution in [-0.4, -0.2) is 25.8 Å². The van der Waals surface area contributed by atoms with Crippen LogP contribution in [0.1, 0.15) is 125 Å². The molecule has 3 rings (SSSR count). The highest BCUT2D eigenvalue weighted by Gasteiger charge is 2.23. The first-order chi connectivity index (χ1) is 20.2. The summed E-state index contributed by atoms with van der Waals surface area (Å²) in [5.74, 6) is 1.36. The van der Waals surface area contributed by atoms with Crippen molar-refractivity contribution in [2.45, 2.75) is 110 Å². The molecule has 0 aromatic heterocycles. The van der Waals surface area contributed by atoms with Crippen LogP contribution in [0.15, 0.2) is 61.2 Å². The Morgan fingerprint density at radius 3 is 2.02 bits per heavy atom. The Labute approximate surface area is 248 Å². The van der Waals surface area contributed by atoms with Crippen molar-refractivity contribution in [2.24, 2.45) is 5.92 Å². The normalized spacial score (nSPS) is 16.8. The first-order valence-electron chi connectivity index (χ1n) is 16.1. The van der Waals surface area contributed by atoms with E-state index in [-0.39, 0.29) is 12.3 Å². The van der Waals surface area contributed by atoms with E-state index < -0.39 is 0 Å². The number of carbonyl (C=O) groups is 1. The summed E-state index contributed by atoms with van der Waals surface area (Å²) in [5.41, 5.74) is 1.43. The van der Waals surface area contributed by atoms with Gasteiger partial charge in [0.25, 0.3) is 0 Å². The zero-order valence-electron chi connectivity index (χ0n) is 25.3. The van der Waals surface area contributed by atoms with Crippen molar-refractivity contribution in [1.29, 1.82) is 0 Å². The van der Waals surface area contributed by atoms with Gasteiger partial charge in [-0.3, -0.25) is 0 Å². The van der Waals surface area contributed by atoms with Crippen molar-refractivity contribution in [3.8, 4) is 11.5 Å². The van der Waals surface area contributed by atoms with E-state index in [9.17, 15) is 4.79 Å². The van der Waals surface area contributed by atoms with E-state index in [1.54, 1.807) is 24.3 Å². The Kier molecular flexibility index (Phi) is 16.3. The third-order valence-electron chi connectivity index (χ3n) is 7.71. The number of hydrogen-bond acceptors (Lipinski definition) is 5. The minimum absolute atomic E-state index is 0.361. The lowest BCUT2D eigenvalue weighted by Gasteiger charge is -2.29. The molecule has 0 bridgehead atoms. The molecule has 0 spiro atoms. The molecular weight excluding hydrogens is 512 g/mol. The molecule has 0 saturated carbocycles. The van der Waals surface area contributed by atoms with Crippen LogP contribution >= 0.6 is 0 Å². The number of allylic oxidation sites excluding steroid dienone is 1. The maximum atomic E-state index is 12.6. The quantitative estimate of drug-likeness (QED) is 0.0653. The third-order valence-corrected chi connectivity index (χ3v) is 7.71. The van der Waals surface area contributed by atoms with E-state index in [1.807, 2.05) is 30.3 Å². The van der Waals surface area contributed by atoms with E-state index in [0.29, 0.717) is 23.8 Å². The molecule has 0 unspecified atom stereocenters. The van der Waals surface area contributed by atoms with Crippen molar-refractivity contribution in [2.75, 3.05) is 19.8 Å². The van der Waals surface area contributed by atoms with E-state index in [4.69, 9.17) is 18.9 Å². The second-order valence-corrected chi connectivity index (χ2v) is 11.3. The van der Waals surface area contributed by atoms with Crippen molar-refractivity contribution >= 4 is 5.97 Å². The molecule has 5 heteroatoms. The van der Waals surface area contributed by atoms with Crippen molar-refractivity contribution in [3.05, 3.63) is 72.3 Å². The molecular formula is C36H52O5. The molecule has 0 amide bonds. The first-order valence-corrected chi connectivity index (χ1v) is 16.1. The Morgan fingerprint density at radius 1 is 0.780 bits per heavy atom. The Bertz CT molecular complexity index is 960. The minimum atomic E-state index is -0.389. The molecule has 41 heavy (non-hydrogen) atoms. The molecule has 1 fully saturated rings. The van der Waals surface area contributed by atoms with Crippen molar-refractivity contribution < 1.29 is 23.7 Å². The predicted octanol–water partition coefficient (Wildman–Crippen LogP) is 10.0. The van der Waals surface area contributed by atoms with Gasteiger partial charge in [-0.05, 0) is 62.1 Å². The summed E-state index contributed by atoms with van der Waals surface area (Å²) in [6.07, 6.45) is 20.4. The molecule has 1 aliphatic heterocycles. The third kappa shape index (κ3) is 13.3. The molecule has 0 aliphatic carbocycles. The van der Waals surface area contributed by atoms with E-state index in [1.165, 1.54) is 77.0 Å². The van der Waals surface area contributed by atoms with Crippen molar-refractivity contribution in [3.63, 3.8) is 0 Å². The van der Waals surface area contributed by atoms with Gasteiger partial charge in [-0.15, -0.1) is 6.58 Å². The molecule has 0 atom stereocenters. The van der Waals surface area contributed by atoms with Crippen LogP contribution in [0.25, 0.3) is 0 Å². The zero-order valence-corrected chi connectivity index (χ0v) is 25.3.